The van der Waals surface area contributed by atoms with E-state index in [1.807, 2.05) is 0 Å². The van der Waals surface area contributed by atoms with Crippen LogP contribution in [0.1, 0.15) is 20.8 Å². The van der Waals surface area contributed by atoms with Crippen molar-refractivity contribution in [3.63, 3.8) is 0 Å². The summed E-state index contributed by atoms with van der Waals surface area (Å²) < 4.78 is 5.41. The van der Waals surface area contributed by atoms with Gasteiger partial charge in [0.2, 0.25) is 0 Å². The van der Waals surface area contributed by atoms with Crippen LogP contribution < -0.4 is 0 Å². The van der Waals surface area contributed by atoms with Crippen molar-refractivity contribution in [2.45, 2.75) is 26.9 Å². The number of rotatable bonds is 2. The van der Waals surface area contributed by atoms with Crippen molar-refractivity contribution in [2.24, 2.45) is 11.8 Å². The lowest BCUT2D eigenvalue weighted by atomic mass is 9.85. The van der Waals surface area contributed by atoms with Crippen molar-refractivity contribution in [3.8, 4) is 0 Å². The van der Waals surface area contributed by atoms with Gasteiger partial charge >= 0.3 is 0 Å². The van der Waals surface area contributed by atoms with Crippen LogP contribution >= 0.6 is 0 Å². The topological polar surface area (TPSA) is 9.23 Å². The summed E-state index contributed by atoms with van der Waals surface area (Å²) in [6.45, 7) is 6.57. The quantitative estimate of drug-likeness (QED) is 0.613. The third kappa shape index (κ3) is 1.98. The highest BCUT2D eigenvalue weighted by Gasteiger charge is 2.22. The summed E-state index contributed by atoms with van der Waals surface area (Å²) in [6.07, 6.45) is 6.91. The van der Waals surface area contributed by atoms with Crippen LogP contribution in [0, 0.1) is 11.8 Å². The van der Waals surface area contributed by atoms with Gasteiger partial charge in [0.05, 0.1) is 6.10 Å². The summed E-state index contributed by atoms with van der Waals surface area (Å²) in [4.78, 5) is 0. The number of hydrogen-bond acceptors (Lipinski definition) is 1. The van der Waals surface area contributed by atoms with Gasteiger partial charge in [-0.3, -0.25) is 0 Å². The molecule has 0 bridgehead atoms. The van der Waals surface area contributed by atoms with E-state index >= 15 is 0 Å². The maximum absolute atomic E-state index is 5.41. The first-order chi connectivity index (χ1) is 5.65. The van der Waals surface area contributed by atoms with Gasteiger partial charge in [0.15, 0.2) is 0 Å². The molecule has 12 heavy (non-hydrogen) atoms. The normalized spacial score (nSPS) is 29.2. The maximum Gasteiger partial charge on any atom is 0.0822 e. The Morgan fingerprint density at radius 1 is 1.42 bits per heavy atom. The minimum Gasteiger partial charge on any atom is -0.377 e. The Hall–Kier alpha value is -0.560. The molecule has 0 amide bonds. The van der Waals surface area contributed by atoms with Gasteiger partial charge in [0.25, 0.3) is 0 Å². The number of ether oxygens (including phenoxy) is 1. The van der Waals surface area contributed by atoms with Crippen molar-refractivity contribution in [3.05, 3.63) is 23.8 Å². The van der Waals surface area contributed by atoms with Crippen LogP contribution in [0.4, 0.5) is 0 Å². The van der Waals surface area contributed by atoms with E-state index in [1.54, 1.807) is 7.11 Å². The first-order valence-corrected chi connectivity index (χ1v) is 4.54. The van der Waals surface area contributed by atoms with E-state index in [0.717, 1.165) is 0 Å². The summed E-state index contributed by atoms with van der Waals surface area (Å²) >= 11 is 0. The minimum absolute atomic E-state index is 0.273. The Morgan fingerprint density at radius 2 is 2.08 bits per heavy atom. The smallest absolute Gasteiger partial charge is 0.0822 e. The molecule has 0 radical (unpaired) electrons. The predicted molar refractivity (Wildman–Crippen MR) is 52.0 cm³/mol. The molecular weight excluding hydrogens is 148 g/mol. The molecule has 0 heterocycles. The molecule has 68 valence electrons. The molecule has 2 atom stereocenters. The Bertz CT molecular complexity index is 201. The molecule has 1 aliphatic carbocycles. The molecule has 0 aromatic rings. The molecule has 1 nitrogen and oxygen atoms in total. The van der Waals surface area contributed by atoms with E-state index in [2.05, 4.69) is 39.0 Å². The largest absolute Gasteiger partial charge is 0.377 e. The average molecular weight is 166 g/mol. The van der Waals surface area contributed by atoms with E-state index in [1.165, 1.54) is 5.57 Å². The molecule has 1 aliphatic rings. The molecule has 2 unspecified atom stereocenters. The first-order valence-electron chi connectivity index (χ1n) is 4.54. The molecule has 0 N–H and O–H groups in total. The van der Waals surface area contributed by atoms with Gasteiger partial charge in [-0.2, -0.15) is 0 Å². The molecule has 0 aromatic carbocycles. The van der Waals surface area contributed by atoms with Crippen LogP contribution in [0.2, 0.25) is 0 Å². The zero-order chi connectivity index (χ0) is 9.14. The Morgan fingerprint density at radius 3 is 2.58 bits per heavy atom. The van der Waals surface area contributed by atoms with E-state index < -0.39 is 0 Å². The van der Waals surface area contributed by atoms with Gasteiger partial charge in [-0.15, -0.1) is 0 Å². The molecular formula is C11H18O. The molecule has 0 fully saturated rings. The fourth-order valence-corrected chi connectivity index (χ4v) is 1.62. The highest BCUT2D eigenvalue weighted by molar-refractivity contribution is 5.24. The van der Waals surface area contributed by atoms with Crippen molar-refractivity contribution >= 4 is 0 Å². The van der Waals surface area contributed by atoms with Crippen molar-refractivity contribution in [1.29, 1.82) is 0 Å². The van der Waals surface area contributed by atoms with E-state index in [9.17, 15) is 0 Å². The Kier molecular flexibility index (Phi) is 3.10. The molecule has 0 spiro atoms. The van der Waals surface area contributed by atoms with Gasteiger partial charge in [0.1, 0.15) is 0 Å². The highest BCUT2D eigenvalue weighted by Crippen LogP contribution is 2.25. The fourth-order valence-electron chi connectivity index (χ4n) is 1.62. The van der Waals surface area contributed by atoms with E-state index in [4.69, 9.17) is 4.74 Å². The summed E-state index contributed by atoms with van der Waals surface area (Å²) in [5.74, 6) is 1.19. The standard InChI is InChI=1S/C11H18O/c1-8(2)10-6-5-9(3)7-11(10)12-4/h5-8,10-11H,1-4H3. The number of hydrogen-bond donors (Lipinski definition) is 0. The third-order valence-corrected chi connectivity index (χ3v) is 2.43. The third-order valence-electron chi connectivity index (χ3n) is 2.43. The molecule has 1 heteroatoms. The van der Waals surface area contributed by atoms with Gasteiger partial charge in [0, 0.05) is 13.0 Å². The highest BCUT2D eigenvalue weighted by atomic mass is 16.5. The second-order valence-corrected chi connectivity index (χ2v) is 3.79. The van der Waals surface area contributed by atoms with Crippen LogP contribution in [0.15, 0.2) is 23.8 Å². The summed E-state index contributed by atoms with van der Waals surface area (Å²) in [6, 6.07) is 0. The van der Waals surface area contributed by atoms with Gasteiger partial charge in [-0.1, -0.05) is 37.6 Å². The second kappa shape index (κ2) is 3.90. The van der Waals surface area contributed by atoms with Gasteiger partial charge in [-0.05, 0) is 12.8 Å². The zero-order valence-corrected chi connectivity index (χ0v) is 8.37. The van der Waals surface area contributed by atoms with E-state index in [0.29, 0.717) is 11.8 Å². The van der Waals surface area contributed by atoms with Crippen LogP contribution in [-0.2, 0) is 4.74 Å². The van der Waals surface area contributed by atoms with Gasteiger partial charge in [-0.25, -0.2) is 0 Å². The van der Waals surface area contributed by atoms with Crippen LogP contribution in [0.3, 0.4) is 0 Å². The van der Waals surface area contributed by atoms with Crippen LogP contribution in [0.25, 0.3) is 0 Å². The Balaban J connectivity index is 2.73. The predicted octanol–water partition coefficient (Wildman–Crippen LogP) is 2.79. The average Bonchev–Trinajstić information content (AvgIpc) is 2.03. The second-order valence-electron chi connectivity index (χ2n) is 3.79. The summed E-state index contributed by atoms with van der Waals surface area (Å²) in [5.41, 5.74) is 1.30. The summed E-state index contributed by atoms with van der Waals surface area (Å²) in [5, 5.41) is 0. The number of methoxy groups -OCH3 is 1. The molecule has 0 aromatic heterocycles. The minimum atomic E-state index is 0.273. The maximum atomic E-state index is 5.41. The van der Waals surface area contributed by atoms with Crippen molar-refractivity contribution in [2.75, 3.05) is 7.11 Å². The first kappa shape index (κ1) is 9.53. The Labute approximate surface area is 75.1 Å². The van der Waals surface area contributed by atoms with Crippen molar-refractivity contribution < 1.29 is 4.74 Å². The van der Waals surface area contributed by atoms with E-state index in [-0.39, 0.29) is 6.10 Å². The van der Waals surface area contributed by atoms with Gasteiger partial charge < -0.3 is 4.74 Å². The monoisotopic (exact) mass is 166 g/mol. The number of allylic oxidation sites excluding steroid dienone is 2. The lowest BCUT2D eigenvalue weighted by Gasteiger charge is -2.27. The molecule has 0 saturated heterocycles. The lowest BCUT2D eigenvalue weighted by molar-refractivity contribution is 0.0876. The molecule has 0 aliphatic heterocycles. The van der Waals surface area contributed by atoms with Crippen LogP contribution in [0.5, 0.6) is 0 Å². The fraction of sp³-hybridized carbons (Fsp3) is 0.636. The lowest BCUT2D eigenvalue weighted by Crippen LogP contribution is -2.25. The van der Waals surface area contributed by atoms with Crippen LogP contribution in [-0.4, -0.2) is 13.2 Å². The molecule has 0 saturated carbocycles. The molecule has 1 rings (SSSR count). The summed E-state index contributed by atoms with van der Waals surface area (Å²) in [7, 11) is 1.78. The van der Waals surface area contributed by atoms with Crippen molar-refractivity contribution in [1.82, 2.24) is 0 Å². The SMILES string of the molecule is COC1C=C(C)C=CC1C(C)C. The zero-order valence-electron chi connectivity index (χ0n) is 8.37.